The summed E-state index contributed by atoms with van der Waals surface area (Å²) in [5.41, 5.74) is 6.56. The van der Waals surface area contributed by atoms with Crippen LogP contribution in [0, 0.1) is 0 Å². The van der Waals surface area contributed by atoms with Gasteiger partial charge in [0.15, 0.2) is 5.75 Å². The first kappa shape index (κ1) is 45.3. The largest absolute Gasteiger partial charge is 0.496 e. The van der Waals surface area contributed by atoms with Crippen molar-refractivity contribution in [1.29, 1.82) is 0 Å². The second-order valence-electron chi connectivity index (χ2n) is 16.3. The number of fused-ring (bicyclic) bond motifs is 4. The first-order valence-electron chi connectivity index (χ1n) is 22.7. The topological polar surface area (TPSA) is 81.7 Å². The molecule has 0 radical (unpaired) electrons. The molecule has 6 rings (SSSR count). The van der Waals surface area contributed by atoms with E-state index in [1.807, 2.05) is 72.8 Å². The molecule has 0 heterocycles. The summed E-state index contributed by atoms with van der Waals surface area (Å²) in [5, 5.41) is 0. The molecule has 4 aromatic carbocycles. The summed E-state index contributed by atoms with van der Waals surface area (Å²) in [6.45, 7) is 6.21. The van der Waals surface area contributed by atoms with E-state index in [0.29, 0.717) is 17.1 Å². The molecule has 0 amide bonds. The van der Waals surface area contributed by atoms with Crippen LogP contribution in [0.5, 0.6) is 28.7 Å². The smallest absolute Gasteiger partial charge is 0.343 e. The van der Waals surface area contributed by atoms with Crippen LogP contribution in [0.3, 0.4) is 0 Å². The molecule has 1 atom stereocenters. The highest BCUT2D eigenvalue weighted by molar-refractivity contribution is 5.91. The minimum absolute atomic E-state index is 0.264. The number of carbonyl (C=O) groups excluding carboxylic acids is 1. The number of benzene rings is 4. The maximum Gasteiger partial charge on any atom is 0.343 e. The number of methoxy groups -OCH3 is 2. The molecule has 0 saturated carbocycles. The van der Waals surface area contributed by atoms with Crippen LogP contribution in [0.1, 0.15) is 147 Å². The number of carbonyl (C=O) groups is 1. The molecule has 326 valence electrons. The van der Waals surface area contributed by atoms with E-state index in [1.165, 1.54) is 70.5 Å². The molecule has 0 aromatic heterocycles. The van der Waals surface area contributed by atoms with Gasteiger partial charge in [0.25, 0.3) is 0 Å². The van der Waals surface area contributed by atoms with Gasteiger partial charge in [0, 0.05) is 11.5 Å². The third-order valence-electron chi connectivity index (χ3n) is 12.1. The van der Waals surface area contributed by atoms with Gasteiger partial charge in [0.1, 0.15) is 29.6 Å². The average molecular weight is 831 g/mol. The number of ether oxygens (including phenoxy) is 5. The van der Waals surface area contributed by atoms with Gasteiger partial charge in [-0.1, -0.05) is 114 Å². The average Bonchev–Trinajstić information content (AvgIpc) is 3.86. The molecule has 61 heavy (non-hydrogen) atoms. The molecule has 2 aliphatic carbocycles. The molecule has 0 saturated heterocycles. The predicted octanol–water partition coefficient (Wildman–Crippen LogP) is 13.2. The van der Waals surface area contributed by atoms with E-state index in [1.54, 1.807) is 26.4 Å². The van der Waals surface area contributed by atoms with Gasteiger partial charge >= 0.3 is 5.97 Å². The van der Waals surface area contributed by atoms with Crippen LogP contribution in [-0.4, -0.2) is 40.0 Å². The zero-order valence-corrected chi connectivity index (χ0v) is 36.9. The summed E-state index contributed by atoms with van der Waals surface area (Å²) in [6, 6.07) is 23.7. The molecule has 0 aliphatic heterocycles. The molecular formula is C53H66O8. The summed E-state index contributed by atoms with van der Waals surface area (Å²) in [6.07, 6.45) is 25.5. The van der Waals surface area contributed by atoms with Crippen LogP contribution < -0.4 is 23.8 Å². The van der Waals surface area contributed by atoms with E-state index in [0.717, 1.165) is 102 Å². The number of rotatable bonds is 26. The number of esters is 1. The molecule has 8 heteroatoms. The third-order valence-corrected chi connectivity index (χ3v) is 12.1. The standard InChI is InChI=1S/C53H66O8/c1-5-7-9-11-13-15-32-57-43-23-19-40(20-24-43)18-17-34-60-61-45-38-49-47(51(39-45)56-4)28-31-53(49)30-27-46-48(53)36-42(37-50(46)55-3)52(54)59-35-29-41-21-25-44(26-22-41)58-33-16-14-12-10-8-6-2/h17-26,29,35-39H,5-16,27-28,30-34H2,1-4H3. The van der Waals surface area contributed by atoms with Gasteiger partial charge in [-0.05, 0) is 120 Å². The SMILES string of the molecule is CCCCCCCCOc1ccc(C=CCOOc2cc(OC)c3c(c2)C2(CC3)CCc3c(OC)cc(C(=O)OC=Cc4ccc(OCCCCCCCC)cc4)cc32)cc1. The van der Waals surface area contributed by atoms with Crippen molar-refractivity contribution in [3.8, 4) is 28.7 Å². The Morgan fingerprint density at radius 1 is 0.607 bits per heavy atom. The molecule has 0 N–H and O–H groups in total. The van der Waals surface area contributed by atoms with E-state index in [2.05, 4.69) is 19.9 Å². The van der Waals surface area contributed by atoms with Crippen molar-refractivity contribution in [3.05, 3.63) is 124 Å². The quantitative estimate of drug-likeness (QED) is 0.0203. The van der Waals surface area contributed by atoms with E-state index < -0.39 is 5.97 Å². The zero-order valence-electron chi connectivity index (χ0n) is 36.9. The first-order chi connectivity index (χ1) is 30.0. The fourth-order valence-corrected chi connectivity index (χ4v) is 8.71. The maximum absolute atomic E-state index is 13.5. The fraction of sp³-hybridized carbons (Fsp3) is 0.453. The molecule has 1 spiro atoms. The van der Waals surface area contributed by atoms with Crippen LogP contribution in [0.4, 0.5) is 0 Å². The predicted molar refractivity (Wildman–Crippen MR) is 244 cm³/mol. The lowest BCUT2D eigenvalue weighted by Crippen LogP contribution is -2.22. The monoisotopic (exact) mass is 830 g/mol. The second kappa shape index (κ2) is 23.7. The van der Waals surface area contributed by atoms with Crippen LogP contribution in [-0.2, 0) is 27.9 Å². The van der Waals surface area contributed by atoms with Gasteiger partial charge in [-0.2, -0.15) is 4.89 Å². The lowest BCUT2D eigenvalue weighted by atomic mass is 9.76. The van der Waals surface area contributed by atoms with Gasteiger partial charge in [0.2, 0.25) is 0 Å². The number of unbranched alkanes of at least 4 members (excludes halogenated alkanes) is 10. The van der Waals surface area contributed by atoms with Crippen LogP contribution >= 0.6 is 0 Å². The highest BCUT2D eigenvalue weighted by Gasteiger charge is 2.47. The van der Waals surface area contributed by atoms with Gasteiger partial charge < -0.3 is 28.6 Å². The molecule has 2 aliphatic rings. The van der Waals surface area contributed by atoms with Crippen LogP contribution in [0.15, 0.2) is 85.1 Å². The minimum atomic E-state index is -0.444. The summed E-state index contributed by atoms with van der Waals surface area (Å²) < 4.78 is 29.3. The molecule has 8 nitrogen and oxygen atoms in total. The van der Waals surface area contributed by atoms with E-state index in [4.69, 9.17) is 33.5 Å². The fourth-order valence-electron chi connectivity index (χ4n) is 8.71. The normalized spacial score (nSPS) is 15.3. The van der Waals surface area contributed by atoms with Crippen LogP contribution in [0.2, 0.25) is 0 Å². The summed E-state index contributed by atoms with van der Waals surface area (Å²) in [4.78, 5) is 25.1. The van der Waals surface area contributed by atoms with Crippen molar-refractivity contribution in [1.82, 2.24) is 0 Å². The van der Waals surface area contributed by atoms with Crippen molar-refractivity contribution < 1.29 is 38.3 Å². The Hall–Kier alpha value is -5.21. The summed E-state index contributed by atoms with van der Waals surface area (Å²) in [5.74, 6) is 3.31. The van der Waals surface area contributed by atoms with Crippen molar-refractivity contribution >= 4 is 18.1 Å². The summed E-state index contributed by atoms with van der Waals surface area (Å²) in [7, 11) is 3.34. The van der Waals surface area contributed by atoms with Gasteiger partial charge in [-0.25, -0.2) is 4.79 Å². The summed E-state index contributed by atoms with van der Waals surface area (Å²) >= 11 is 0. The lowest BCUT2D eigenvalue weighted by Gasteiger charge is -2.28. The van der Waals surface area contributed by atoms with Gasteiger partial charge in [0.05, 0.1) is 39.3 Å². The van der Waals surface area contributed by atoms with Crippen molar-refractivity contribution in [3.63, 3.8) is 0 Å². The van der Waals surface area contributed by atoms with Crippen molar-refractivity contribution in [2.45, 2.75) is 122 Å². The number of hydrogen-bond donors (Lipinski definition) is 0. The Morgan fingerprint density at radius 3 is 1.70 bits per heavy atom. The molecular weight excluding hydrogens is 765 g/mol. The van der Waals surface area contributed by atoms with Gasteiger partial charge in [-0.15, -0.1) is 0 Å². The Bertz CT molecular complexity index is 2030. The van der Waals surface area contributed by atoms with E-state index in [-0.39, 0.29) is 12.0 Å². The van der Waals surface area contributed by atoms with E-state index >= 15 is 0 Å². The Kier molecular flexibility index (Phi) is 17.6. The van der Waals surface area contributed by atoms with E-state index in [9.17, 15) is 4.79 Å². The Balaban J connectivity index is 1.04. The highest BCUT2D eigenvalue weighted by Crippen LogP contribution is 2.56. The molecule has 1 unspecified atom stereocenters. The van der Waals surface area contributed by atoms with Crippen LogP contribution in [0.25, 0.3) is 12.2 Å². The third kappa shape index (κ3) is 12.4. The maximum atomic E-state index is 13.5. The van der Waals surface area contributed by atoms with Crippen molar-refractivity contribution in [2.24, 2.45) is 0 Å². The Morgan fingerprint density at radius 2 is 1.13 bits per heavy atom. The van der Waals surface area contributed by atoms with Crippen molar-refractivity contribution in [2.75, 3.05) is 34.0 Å². The van der Waals surface area contributed by atoms with Gasteiger partial charge in [-0.3, -0.25) is 0 Å². The molecule has 0 bridgehead atoms. The zero-order chi connectivity index (χ0) is 42.7. The lowest BCUT2D eigenvalue weighted by molar-refractivity contribution is -0.195. The number of hydrogen-bond acceptors (Lipinski definition) is 8. The minimum Gasteiger partial charge on any atom is -0.496 e. The Labute approximate surface area is 364 Å². The molecule has 0 fully saturated rings. The second-order valence-corrected chi connectivity index (χ2v) is 16.3. The highest BCUT2D eigenvalue weighted by atomic mass is 17.2. The molecule has 4 aromatic rings. The first-order valence-corrected chi connectivity index (χ1v) is 22.7.